The molecule has 0 saturated carbocycles. The zero-order chi connectivity index (χ0) is 15.5. The number of nitrogens with zero attached hydrogens (tertiary/aromatic N) is 4. The molecule has 0 fully saturated rings. The average Bonchev–Trinajstić information content (AvgIpc) is 2.83. The van der Waals surface area contributed by atoms with Crippen LogP contribution in [-0.4, -0.2) is 32.3 Å². The molecular weight excluding hydrogens is 373 g/mol. The van der Waals surface area contributed by atoms with Crippen LogP contribution in [-0.2, 0) is 0 Å². The first kappa shape index (κ1) is 15.8. The highest BCUT2D eigenvalue weighted by Gasteiger charge is 2.31. The van der Waals surface area contributed by atoms with Crippen LogP contribution in [0.2, 0.25) is 0 Å². The Morgan fingerprint density at radius 2 is 2.00 bits per heavy atom. The number of ether oxygens (including phenoxy) is 1. The van der Waals surface area contributed by atoms with Gasteiger partial charge in [0, 0.05) is 5.75 Å². The van der Waals surface area contributed by atoms with Gasteiger partial charge in [0.2, 0.25) is 5.16 Å². The molecule has 1 aromatic heterocycles. The Hall–Kier alpha value is -1.55. The van der Waals surface area contributed by atoms with Crippen molar-refractivity contribution in [3.8, 4) is 11.4 Å². The molecule has 21 heavy (non-hydrogen) atoms. The van der Waals surface area contributed by atoms with Crippen molar-refractivity contribution < 1.29 is 17.9 Å². The van der Waals surface area contributed by atoms with Crippen LogP contribution in [0.5, 0.6) is 5.75 Å². The molecule has 0 amide bonds. The number of hydrogen-bond acceptors (Lipinski definition) is 5. The van der Waals surface area contributed by atoms with E-state index in [0.29, 0.717) is 16.6 Å². The van der Waals surface area contributed by atoms with Crippen LogP contribution >= 0.6 is 27.7 Å². The van der Waals surface area contributed by atoms with Gasteiger partial charge in [0.05, 0.1) is 5.69 Å². The minimum absolute atomic E-state index is 0.303. The predicted molar refractivity (Wildman–Crippen MR) is 74.6 cm³/mol. The average molecular weight is 381 g/mol. The Balaban J connectivity index is 2.16. The lowest BCUT2D eigenvalue weighted by Gasteiger charge is -2.09. The first-order valence-electron chi connectivity index (χ1n) is 5.46. The minimum atomic E-state index is -4.71. The van der Waals surface area contributed by atoms with Crippen LogP contribution < -0.4 is 4.74 Å². The third kappa shape index (κ3) is 4.74. The fraction of sp³-hybridized carbons (Fsp3) is 0.182. The van der Waals surface area contributed by atoms with Gasteiger partial charge in [-0.1, -0.05) is 34.3 Å². The van der Waals surface area contributed by atoms with Gasteiger partial charge in [-0.3, -0.25) is 0 Å². The molecule has 0 aliphatic rings. The Kier molecular flexibility index (Phi) is 4.88. The van der Waals surface area contributed by atoms with Crippen molar-refractivity contribution in [3.63, 3.8) is 0 Å². The first-order chi connectivity index (χ1) is 9.85. The molecule has 2 rings (SSSR count). The summed E-state index contributed by atoms with van der Waals surface area (Å²) in [5.41, 5.74) is 0.525. The third-order valence-corrected chi connectivity index (χ3v) is 3.77. The van der Waals surface area contributed by atoms with Crippen molar-refractivity contribution >= 4 is 27.7 Å². The summed E-state index contributed by atoms with van der Waals surface area (Å²) in [7, 11) is 0. The molecule has 1 heterocycles. The van der Waals surface area contributed by atoms with E-state index in [-0.39, 0.29) is 5.75 Å². The molecule has 0 saturated heterocycles. The van der Waals surface area contributed by atoms with Crippen molar-refractivity contribution in [3.05, 3.63) is 35.3 Å². The van der Waals surface area contributed by atoms with Gasteiger partial charge in [0.15, 0.2) is 0 Å². The third-order valence-electron chi connectivity index (χ3n) is 2.11. The van der Waals surface area contributed by atoms with Crippen LogP contribution in [0.4, 0.5) is 13.2 Å². The second-order valence-corrected chi connectivity index (χ2v) is 5.78. The molecular formula is C11H8BrF3N4OS. The lowest BCUT2D eigenvalue weighted by atomic mass is 10.3. The Morgan fingerprint density at radius 1 is 1.33 bits per heavy atom. The largest absolute Gasteiger partial charge is 0.573 e. The second kappa shape index (κ2) is 6.48. The van der Waals surface area contributed by atoms with E-state index in [1.54, 1.807) is 0 Å². The van der Waals surface area contributed by atoms with Crippen molar-refractivity contribution in [1.29, 1.82) is 0 Å². The summed E-state index contributed by atoms with van der Waals surface area (Å²) in [5.74, 6) is 0.262. The second-order valence-electron chi connectivity index (χ2n) is 3.72. The summed E-state index contributed by atoms with van der Waals surface area (Å²) in [6.45, 7) is 3.70. The molecule has 0 atom stereocenters. The molecule has 0 aliphatic heterocycles. The van der Waals surface area contributed by atoms with Gasteiger partial charge in [-0.05, 0) is 39.2 Å². The van der Waals surface area contributed by atoms with E-state index in [1.807, 2.05) is 0 Å². The summed E-state index contributed by atoms with van der Waals surface area (Å²) in [4.78, 5) is 0. The first-order valence-corrected chi connectivity index (χ1v) is 7.23. The molecule has 0 radical (unpaired) electrons. The summed E-state index contributed by atoms with van der Waals surface area (Å²) in [5, 5.41) is 11.7. The van der Waals surface area contributed by atoms with Crippen molar-refractivity contribution in [1.82, 2.24) is 20.2 Å². The van der Waals surface area contributed by atoms with Gasteiger partial charge in [-0.25, -0.2) is 0 Å². The Bertz CT molecular complexity index is 629. The Labute approximate surface area is 130 Å². The van der Waals surface area contributed by atoms with E-state index >= 15 is 0 Å². The van der Waals surface area contributed by atoms with Crippen LogP contribution in [0.25, 0.3) is 5.69 Å². The number of thioether (sulfide) groups is 1. The van der Waals surface area contributed by atoms with Gasteiger partial charge in [-0.2, -0.15) is 4.68 Å². The lowest BCUT2D eigenvalue weighted by Crippen LogP contribution is -2.17. The number of halogens is 4. The standard InChI is InChI=1S/C11H8BrF3N4OS/c1-7(12)6-21-10-16-17-18-19(10)8-2-4-9(5-3-8)20-11(13,14)15/h2-5H,1,6H2. The molecule has 112 valence electrons. The highest BCUT2D eigenvalue weighted by atomic mass is 79.9. The van der Waals surface area contributed by atoms with Crippen LogP contribution in [0.1, 0.15) is 0 Å². The summed E-state index contributed by atoms with van der Waals surface area (Å²) in [6, 6.07) is 5.26. The topological polar surface area (TPSA) is 52.8 Å². The maximum Gasteiger partial charge on any atom is 0.573 e. The van der Waals surface area contributed by atoms with Gasteiger partial charge >= 0.3 is 6.36 Å². The number of aromatic nitrogens is 4. The molecule has 5 nitrogen and oxygen atoms in total. The summed E-state index contributed by atoms with van der Waals surface area (Å²) < 4.78 is 42.2. The predicted octanol–water partition coefficient (Wildman–Crippen LogP) is 3.56. The van der Waals surface area contributed by atoms with E-state index < -0.39 is 6.36 Å². The van der Waals surface area contributed by atoms with Gasteiger partial charge in [0.25, 0.3) is 0 Å². The zero-order valence-electron chi connectivity index (χ0n) is 10.3. The smallest absolute Gasteiger partial charge is 0.406 e. The lowest BCUT2D eigenvalue weighted by molar-refractivity contribution is -0.274. The van der Waals surface area contributed by atoms with Gasteiger partial charge < -0.3 is 4.74 Å². The van der Waals surface area contributed by atoms with E-state index in [2.05, 4.69) is 42.8 Å². The fourth-order valence-corrected chi connectivity index (χ4v) is 2.35. The zero-order valence-corrected chi connectivity index (χ0v) is 12.7. The monoisotopic (exact) mass is 380 g/mol. The van der Waals surface area contributed by atoms with Crippen molar-refractivity contribution in [2.24, 2.45) is 0 Å². The normalized spacial score (nSPS) is 11.4. The van der Waals surface area contributed by atoms with Crippen LogP contribution in [0, 0.1) is 0 Å². The van der Waals surface area contributed by atoms with Crippen LogP contribution in [0.3, 0.4) is 0 Å². The molecule has 0 bridgehead atoms. The minimum Gasteiger partial charge on any atom is -0.406 e. The molecule has 0 spiro atoms. The molecule has 0 unspecified atom stereocenters. The summed E-state index contributed by atoms with van der Waals surface area (Å²) in [6.07, 6.45) is -4.71. The number of benzene rings is 1. The fourth-order valence-electron chi connectivity index (χ4n) is 1.36. The maximum atomic E-state index is 12.1. The van der Waals surface area contributed by atoms with E-state index in [9.17, 15) is 13.2 Å². The molecule has 1 aromatic carbocycles. The number of rotatable bonds is 5. The number of alkyl halides is 3. The van der Waals surface area contributed by atoms with Gasteiger partial charge in [-0.15, -0.1) is 18.3 Å². The maximum absolute atomic E-state index is 12.1. The highest BCUT2D eigenvalue weighted by molar-refractivity contribution is 9.11. The molecule has 10 heteroatoms. The van der Waals surface area contributed by atoms with Crippen molar-refractivity contribution in [2.75, 3.05) is 5.75 Å². The van der Waals surface area contributed by atoms with E-state index in [1.165, 1.54) is 40.7 Å². The molecule has 2 aromatic rings. The van der Waals surface area contributed by atoms with E-state index in [4.69, 9.17) is 0 Å². The quantitative estimate of drug-likeness (QED) is 0.742. The highest BCUT2D eigenvalue weighted by Crippen LogP contribution is 2.25. The molecule has 0 aliphatic carbocycles. The van der Waals surface area contributed by atoms with E-state index in [0.717, 1.165) is 4.48 Å². The molecule has 0 N–H and O–H groups in total. The number of tetrazole rings is 1. The SMILES string of the molecule is C=C(Br)CSc1nnnn1-c1ccc(OC(F)(F)F)cc1. The van der Waals surface area contributed by atoms with Crippen molar-refractivity contribution in [2.45, 2.75) is 11.5 Å². The van der Waals surface area contributed by atoms with Gasteiger partial charge in [0.1, 0.15) is 5.75 Å². The number of hydrogen-bond donors (Lipinski definition) is 0. The van der Waals surface area contributed by atoms with Crippen LogP contribution in [0.15, 0.2) is 40.5 Å². The Morgan fingerprint density at radius 3 is 2.57 bits per heavy atom. The summed E-state index contributed by atoms with van der Waals surface area (Å²) >= 11 is 4.56.